The Hall–Kier alpha value is -4.25. The Morgan fingerprint density at radius 2 is 1.50 bits per heavy atom. The van der Waals surface area contributed by atoms with Crippen molar-refractivity contribution in [2.24, 2.45) is 0 Å². The number of aromatic nitrogens is 3. The smallest absolute Gasteiger partial charge is 0.336 e. The summed E-state index contributed by atoms with van der Waals surface area (Å²) in [5.74, 6) is -0.980. The van der Waals surface area contributed by atoms with Crippen LogP contribution in [0.25, 0.3) is 39.1 Å². The Labute approximate surface area is 172 Å². The van der Waals surface area contributed by atoms with Crippen LogP contribution in [0.2, 0.25) is 0 Å². The van der Waals surface area contributed by atoms with E-state index >= 15 is 0 Å². The van der Waals surface area contributed by atoms with E-state index in [2.05, 4.69) is 0 Å². The second-order valence-corrected chi connectivity index (χ2v) is 6.91. The summed E-state index contributed by atoms with van der Waals surface area (Å²) in [7, 11) is 0. The highest BCUT2D eigenvalue weighted by molar-refractivity contribution is 6.04. The lowest BCUT2D eigenvalue weighted by Crippen LogP contribution is -2.00. The van der Waals surface area contributed by atoms with Crippen LogP contribution in [0.4, 0.5) is 0 Å². The second-order valence-electron chi connectivity index (χ2n) is 6.91. The van der Waals surface area contributed by atoms with E-state index in [1.54, 1.807) is 16.8 Å². The molecule has 0 amide bonds. The standard InChI is InChI=1S/C25H17N3O2/c29-25(30)20-15-23(26-22-14-8-7-13-19(20)22)21-16-28(18-11-5-2-6-12-18)27-24(21)17-9-3-1-4-10-17/h1-16H,(H,29,30). The number of pyridine rings is 1. The molecule has 0 aliphatic rings. The molecule has 5 nitrogen and oxygen atoms in total. The average Bonchev–Trinajstić information content (AvgIpc) is 3.25. The van der Waals surface area contributed by atoms with Gasteiger partial charge >= 0.3 is 5.97 Å². The number of rotatable bonds is 4. The lowest BCUT2D eigenvalue weighted by molar-refractivity contribution is 0.0699. The minimum absolute atomic E-state index is 0.224. The molecule has 0 saturated heterocycles. The van der Waals surface area contributed by atoms with Crippen LogP contribution >= 0.6 is 0 Å². The quantitative estimate of drug-likeness (QED) is 0.442. The van der Waals surface area contributed by atoms with Crippen molar-refractivity contribution in [2.75, 3.05) is 0 Å². The maximum absolute atomic E-state index is 11.9. The third-order valence-corrected chi connectivity index (χ3v) is 5.00. The van der Waals surface area contributed by atoms with Crippen molar-refractivity contribution < 1.29 is 9.90 Å². The number of hydrogen-bond donors (Lipinski definition) is 1. The molecule has 144 valence electrons. The predicted molar refractivity (Wildman–Crippen MR) is 117 cm³/mol. The van der Waals surface area contributed by atoms with E-state index in [4.69, 9.17) is 10.1 Å². The van der Waals surface area contributed by atoms with Crippen molar-refractivity contribution in [3.05, 3.63) is 103 Å². The van der Waals surface area contributed by atoms with E-state index in [-0.39, 0.29) is 5.56 Å². The van der Waals surface area contributed by atoms with Gasteiger partial charge in [0.25, 0.3) is 0 Å². The Kier molecular flexibility index (Phi) is 4.33. The molecule has 0 radical (unpaired) electrons. The maximum Gasteiger partial charge on any atom is 0.336 e. The minimum atomic E-state index is -0.980. The molecule has 0 fully saturated rings. The Morgan fingerprint density at radius 3 is 2.23 bits per heavy atom. The molecule has 0 aliphatic carbocycles. The molecule has 5 rings (SSSR count). The zero-order valence-corrected chi connectivity index (χ0v) is 15.9. The molecule has 0 bridgehead atoms. The van der Waals surface area contributed by atoms with Gasteiger partial charge in [0.05, 0.1) is 22.5 Å². The number of carboxylic acid groups (broad SMARTS) is 1. The van der Waals surface area contributed by atoms with Crippen molar-refractivity contribution in [3.8, 4) is 28.2 Å². The Bertz CT molecular complexity index is 1360. The van der Waals surface area contributed by atoms with E-state index < -0.39 is 5.97 Å². The molecule has 0 saturated carbocycles. The number of carboxylic acids is 1. The van der Waals surface area contributed by atoms with E-state index in [0.717, 1.165) is 22.5 Å². The summed E-state index contributed by atoms with van der Waals surface area (Å²) in [6.45, 7) is 0. The van der Waals surface area contributed by atoms with Gasteiger partial charge in [-0.2, -0.15) is 5.10 Å². The molecule has 5 aromatic rings. The summed E-state index contributed by atoms with van der Waals surface area (Å²) in [6.07, 6.45) is 1.90. The molecule has 0 spiro atoms. The van der Waals surface area contributed by atoms with E-state index in [1.807, 2.05) is 85.1 Å². The zero-order valence-electron chi connectivity index (χ0n) is 15.9. The first-order valence-electron chi connectivity index (χ1n) is 9.55. The van der Waals surface area contributed by atoms with Crippen LogP contribution in [0.3, 0.4) is 0 Å². The van der Waals surface area contributed by atoms with Gasteiger partial charge < -0.3 is 5.11 Å². The molecular formula is C25H17N3O2. The molecule has 0 aliphatic heterocycles. The van der Waals surface area contributed by atoms with Crippen LogP contribution in [0.15, 0.2) is 97.2 Å². The van der Waals surface area contributed by atoms with Crippen molar-refractivity contribution in [2.45, 2.75) is 0 Å². The summed E-state index contributed by atoms with van der Waals surface area (Å²) in [5, 5.41) is 15.2. The fourth-order valence-electron chi connectivity index (χ4n) is 3.57. The molecule has 1 N–H and O–H groups in total. The van der Waals surface area contributed by atoms with Gasteiger partial charge in [-0.25, -0.2) is 14.5 Å². The van der Waals surface area contributed by atoms with Crippen LogP contribution in [-0.2, 0) is 0 Å². The topological polar surface area (TPSA) is 68.0 Å². The number of para-hydroxylation sites is 2. The number of benzene rings is 3. The maximum atomic E-state index is 11.9. The average molecular weight is 391 g/mol. The van der Waals surface area contributed by atoms with Crippen LogP contribution in [0.5, 0.6) is 0 Å². The Morgan fingerprint density at radius 1 is 0.833 bits per heavy atom. The second kappa shape index (κ2) is 7.29. The first-order chi connectivity index (χ1) is 14.7. The minimum Gasteiger partial charge on any atom is -0.478 e. The molecule has 0 unspecified atom stereocenters. The largest absolute Gasteiger partial charge is 0.478 e. The molecular weight excluding hydrogens is 374 g/mol. The third-order valence-electron chi connectivity index (χ3n) is 5.00. The highest BCUT2D eigenvalue weighted by Crippen LogP contribution is 2.33. The number of carbonyl (C=O) groups is 1. The lowest BCUT2D eigenvalue weighted by Gasteiger charge is -2.07. The first kappa shape index (κ1) is 17.8. The van der Waals surface area contributed by atoms with Gasteiger partial charge in [-0.1, -0.05) is 66.7 Å². The summed E-state index contributed by atoms with van der Waals surface area (Å²) in [5.41, 5.74) is 4.82. The molecule has 3 aromatic carbocycles. The third kappa shape index (κ3) is 3.12. The SMILES string of the molecule is O=C(O)c1cc(-c2cn(-c3ccccc3)nc2-c2ccccc2)nc2ccccc12. The summed E-state index contributed by atoms with van der Waals surface area (Å²) >= 11 is 0. The molecule has 30 heavy (non-hydrogen) atoms. The van der Waals surface area contributed by atoms with Crippen LogP contribution in [0.1, 0.15) is 10.4 Å². The fraction of sp³-hybridized carbons (Fsp3) is 0. The predicted octanol–water partition coefficient (Wildman–Crippen LogP) is 5.45. The van der Waals surface area contributed by atoms with Crippen molar-refractivity contribution >= 4 is 16.9 Å². The molecule has 2 aromatic heterocycles. The highest BCUT2D eigenvalue weighted by Gasteiger charge is 2.18. The van der Waals surface area contributed by atoms with Crippen LogP contribution in [0, 0.1) is 0 Å². The Balaban J connectivity index is 1.78. The van der Waals surface area contributed by atoms with Gasteiger partial charge in [-0.15, -0.1) is 0 Å². The van der Waals surface area contributed by atoms with Gasteiger partial charge in [-0.3, -0.25) is 0 Å². The van der Waals surface area contributed by atoms with Gasteiger partial charge in [0, 0.05) is 22.7 Å². The van der Waals surface area contributed by atoms with Gasteiger partial charge in [0.1, 0.15) is 5.69 Å². The summed E-state index contributed by atoms with van der Waals surface area (Å²) in [4.78, 5) is 16.7. The number of hydrogen-bond acceptors (Lipinski definition) is 3. The normalized spacial score (nSPS) is 10.9. The van der Waals surface area contributed by atoms with Crippen molar-refractivity contribution in [3.63, 3.8) is 0 Å². The molecule has 0 atom stereocenters. The summed E-state index contributed by atoms with van der Waals surface area (Å²) in [6, 6.07) is 28.6. The number of fused-ring (bicyclic) bond motifs is 1. The van der Waals surface area contributed by atoms with E-state index in [9.17, 15) is 9.90 Å². The fourth-order valence-corrected chi connectivity index (χ4v) is 3.57. The zero-order chi connectivity index (χ0) is 20.5. The monoisotopic (exact) mass is 391 g/mol. The summed E-state index contributed by atoms with van der Waals surface area (Å²) < 4.78 is 1.80. The van der Waals surface area contributed by atoms with Crippen LogP contribution in [-0.4, -0.2) is 25.8 Å². The van der Waals surface area contributed by atoms with E-state index in [1.165, 1.54) is 0 Å². The van der Waals surface area contributed by atoms with Gasteiger partial charge in [-0.05, 0) is 24.3 Å². The lowest BCUT2D eigenvalue weighted by atomic mass is 10.0. The van der Waals surface area contributed by atoms with Crippen molar-refractivity contribution in [1.82, 2.24) is 14.8 Å². The van der Waals surface area contributed by atoms with Gasteiger partial charge in [0.15, 0.2) is 0 Å². The van der Waals surface area contributed by atoms with Crippen LogP contribution < -0.4 is 0 Å². The van der Waals surface area contributed by atoms with E-state index in [0.29, 0.717) is 16.6 Å². The highest BCUT2D eigenvalue weighted by atomic mass is 16.4. The first-order valence-corrected chi connectivity index (χ1v) is 9.55. The number of nitrogens with zero attached hydrogens (tertiary/aromatic N) is 3. The molecule has 5 heteroatoms. The van der Waals surface area contributed by atoms with Gasteiger partial charge in [0.2, 0.25) is 0 Å². The molecule has 2 heterocycles. The number of aromatic carboxylic acids is 1. The van der Waals surface area contributed by atoms with Crippen molar-refractivity contribution in [1.29, 1.82) is 0 Å².